The van der Waals surface area contributed by atoms with Crippen LogP contribution in [0.25, 0.3) is 0 Å². The molecule has 0 fully saturated rings. The first-order valence-corrected chi connectivity index (χ1v) is 6.42. The first-order chi connectivity index (χ1) is 9.36. The van der Waals surface area contributed by atoms with Gasteiger partial charge < -0.3 is 4.74 Å². The maximum absolute atomic E-state index is 13.1. The summed E-state index contributed by atoms with van der Waals surface area (Å²) in [5, 5.41) is 0.260. The third-order valence-electron chi connectivity index (χ3n) is 2.63. The maximum Gasteiger partial charge on any atom is 0.227 e. The Kier molecular flexibility index (Phi) is 4.18. The molecule has 0 spiro atoms. The summed E-state index contributed by atoms with van der Waals surface area (Å²) in [5.74, 6) is -0.662. The highest BCUT2D eigenvalue weighted by atomic mass is 35.5. The number of aromatic nitrogens is 2. The summed E-state index contributed by atoms with van der Waals surface area (Å²) >= 11 is 6.01. The van der Waals surface area contributed by atoms with Crippen LogP contribution in [0.3, 0.4) is 0 Å². The Labute approximate surface area is 120 Å². The lowest BCUT2D eigenvalue weighted by Crippen LogP contribution is -2.03. The highest BCUT2D eigenvalue weighted by molar-refractivity contribution is 6.30. The Morgan fingerprint density at radius 3 is 2.25 bits per heavy atom. The van der Waals surface area contributed by atoms with Crippen molar-refractivity contribution in [1.29, 1.82) is 0 Å². The summed E-state index contributed by atoms with van der Waals surface area (Å²) < 4.78 is 31.7. The van der Waals surface area contributed by atoms with Crippen LogP contribution >= 0.6 is 11.6 Å². The molecule has 0 saturated heterocycles. The van der Waals surface area contributed by atoms with Gasteiger partial charge in [-0.15, -0.1) is 0 Å². The van der Waals surface area contributed by atoms with Gasteiger partial charge >= 0.3 is 0 Å². The van der Waals surface area contributed by atoms with Crippen LogP contribution in [0, 0.1) is 18.6 Å². The largest absolute Gasteiger partial charge is 0.438 e. The zero-order chi connectivity index (χ0) is 14.9. The minimum atomic E-state index is -0.720. The van der Waals surface area contributed by atoms with Crippen LogP contribution < -0.4 is 4.74 Å². The fourth-order valence-corrected chi connectivity index (χ4v) is 1.71. The van der Waals surface area contributed by atoms with E-state index in [4.69, 9.17) is 16.3 Å². The molecule has 20 heavy (non-hydrogen) atoms. The van der Waals surface area contributed by atoms with Gasteiger partial charge in [-0.1, -0.05) is 25.4 Å². The molecule has 2 rings (SSSR count). The van der Waals surface area contributed by atoms with Crippen molar-refractivity contribution in [2.75, 3.05) is 0 Å². The van der Waals surface area contributed by atoms with E-state index in [-0.39, 0.29) is 22.7 Å². The molecule has 6 heteroatoms. The number of hydrogen-bond acceptors (Lipinski definition) is 3. The number of rotatable bonds is 3. The SMILES string of the molecule is Cc1c(Cl)nc(C(C)C)nc1Oc1cc(F)cc(F)c1. The van der Waals surface area contributed by atoms with Gasteiger partial charge in [0.15, 0.2) is 0 Å². The second-order valence-electron chi connectivity index (χ2n) is 4.66. The molecule has 1 aromatic carbocycles. The van der Waals surface area contributed by atoms with Crippen molar-refractivity contribution in [2.24, 2.45) is 0 Å². The Hall–Kier alpha value is -1.75. The van der Waals surface area contributed by atoms with Gasteiger partial charge in [0.25, 0.3) is 0 Å². The molecular weight excluding hydrogens is 286 g/mol. The van der Waals surface area contributed by atoms with Crippen molar-refractivity contribution in [3.63, 3.8) is 0 Å². The predicted octanol–water partition coefficient (Wildman–Crippen LogP) is 4.63. The average molecular weight is 299 g/mol. The molecule has 0 aliphatic heterocycles. The summed E-state index contributed by atoms with van der Waals surface area (Å²) in [6.45, 7) is 5.50. The van der Waals surface area contributed by atoms with Gasteiger partial charge in [0.1, 0.15) is 28.4 Å². The Morgan fingerprint density at radius 1 is 1.10 bits per heavy atom. The number of halogens is 3. The second kappa shape index (κ2) is 5.71. The quantitative estimate of drug-likeness (QED) is 0.775. The Balaban J connectivity index is 2.42. The van der Waals surface area contributed by atoms with E-state index in [0.29, 0.717) is 11.4 Å². The third kappa shape index (κ3) is 3.22. The van der Waals surface area contributed by atoms with Crippen molar-refractivity contribution < 1.29 is 13.5 Å². The smallest absolute Gasteiger partial charge is 0.227 e. The highest BCUT2D eigenvalue weighted by Gasteiger charge is 2.14. The minimum Gasteiger partial charge on any atom is -0.438 e. The molecule has 1 heterocycles. The molecule has 0 amide bonds. The van der Waals surface area contributed by atoms with E-state index in [9.17, 15) is 8.78 Å². The predicted molar refractivity (Wildman–Crippen MR) is 72.3 cm³/mol. The van der Waals surface area contributed by atoms with Crippen LogP contribution in [0.2, 0.25) is 5.15 Å². The van der Waals surface area contributed by atoms with E-state index in [1.807, 2.05) is 13.8 Å². The molecule has 0 saturated carbocycles. The first kappa shape index (κ1) is 14.7. The van der Waals surface area contributed by atoms with Crippen LogP contribution in [0.15, 0.2) is 18.2 Å². The van der Waals surface area contributed by atoms with Crippen molar-refractivity contribution in [3.8, 4) is 11.6 Å². The average Bonchev–Trinajstić information content (AvgIpc) is 2.33. The van der Waals surface area contributed by atoms with Crippen molar-refractivity contribution in [3.05, 3.63) is 46.4 Å². The highest BCUT2D eigenvalue weighted by Crippen LogP contribution is 2.29. The van der Waals surface area contributed by atoms with E-state index in [1.54, 1.807) is 6.92 Å². The molecule has 0 radical (unpaired) electrons. The van der Waals surface area contributed by atoms with Crippen LogP contribution in [-0.4, -0.2) is 9.97 Å². The first-order valence-electron chi connectivity index (χ1n) is 6.05. The van der Waals surface area contributed by atoms with E-state index < -0.39 is 11.6 Å². The Bertz CT molecular complexity index is 627. The van der Waals surface area contributed by atoms with Crippen LogP contribution in [0.1, 0.15) is 31.2 Å². The summed E-state index contributed by atoms with van der Waals surface area (Å²) in [7, 11) is 0. The van der Waals surface area contributed by atoms with Gasteiger partial charge in [-0.3, -0.25) is 0 Å². The molecule has 3 nitrogen and oxygen atoms in total. The number of benzene rings is 1. The standard InChI is InChI=1S/C14H13ClF2N2O/c1-7(2)13-18-12(15)8(3)14(19-13)20-11-5-9(16)4-10(17)6-11/h4-7H,1-3H3. The molecule has 106 valence electrons. The van der Waals surface area contributed by atoms with Gasteiger partial charge in [-0.25, -0.2) is 13.8 Å². The lowest BCUT2D eigenvalue weighted by atomic mass is 10.2. The van der Waals surface area contributed by atoms with Crippen molar-refractivity contribution >= 4 is 11.6 Å². The van der Waals surface area contributed by atoms with Gasteiger partial charge in [-0.05, 0) is 6.92 Å². The molecule has 2 aromatic rings. The van der Waals surface area contributed by atoms with Crippen LogP contribution in [-0.2, 0) is 0 Å². The third-order valence-corrected chi connectivity index (χ3v) is 2.99. The molecule has 1 aromatic heterocycles. The molecule has 0 aliphatic rings. The van der Waals surface area contributed by atoms with Gasteiger partial charge in [-0.2, -0.15) is 4.98 Å². The lowest BCUT2D eigenvalue weighted by Gasteiger charge is -2.12. The summed E-state index contributed by atoms with van der Waals surface area (Å²) in [6.07, 6.45) is 0. The van der Waals surface area contributed by atoms with Gasteiger partial charge in [0, 0.05) is 29.7 Å². The van der Waals surface area contributed by atoms with Crippen molar-refractivity contribution in [1.82, 2.24) is 9.97 Å². The van der Waals surface area contributed by atoms with Crippen LogP contribution in [0.4, 0.5) is 8.78 Å². The molecule has 0 bridgehead atoms. The molecular formula is C14H13ClF2N2O. The van der Waals surface area contributed by atoms with Crippen molar-refractivity contribution in [2.45, 2.75) is 26.7 Å². The van der Waals surface area contributed by atoms with Gasteiger partial charge in [0.2, 0.25) is 5.88 Å². The second-order valence-corrected chi connectivity index (χ2v) is 5.02. The van der Waals surface area contributed by atoms with E-state index >= 15 is 0 Å². The summed E-state index contributed by atoms with van der Waals surface area (Å²) in [4.78, 5) is 8.36. The molecule has 0 N–H and O–H groups in total. The minimum absolute atomic E-state index is 0.0232. The maximum atomic E-state index is 13.1. The van der Waals surface area contributed by atoms with E-state index in [1.165, 1.54) is 0 Å². The number of ether oxygens (including phenoxy) is 1. The lowest BCUT2D eigenvalue weighted by molar-refractivity contribution is 0.442. The Morgan fingerprint density at radius 2 is 1.70 bits per heavy atom. The number of nitrogens with zero attached hydrogens (tertiary/aromatic N) is 2. The normalized spacial score (nSPS) is 10.9. The van der Waals surface area contributed by atoms with Crippen LogP contribution in [0.5, 0.6) is 11.6 Å². The molecule has 0 atom stereocenters. The van der Waals surface area contributed by atoms with Gasteiger partial charge in [0.05, 0.1) is 0 Å². The number of hydrogen-bond donors (Lipinski definition) is 0. The van der Waals surface area contributed by atoms with E-state index in [2.05, 4.69) is 9.97 Å². The monoisotopic (exact) mass is 298 g/mol. The zero-order valence-corrected chi connectivity index (χ0v) is 12.0. The molecule has 0 unspecified atom stereocenters. The van der Waals surface area contributed by atoms with E-state index in [0.717, 1.165) is 18.2 Å². The topological polar surface area (TPSA) is 35.0 Å². The summed E-state index contributed by atoms with van der Waals surface area (Å²) in [6, 6.07) is 2.92. The summed E-state index contributed by atoms with van der Waals surface area (Å²) in [5.41, 5.74) is 0.515. The zero-order valence-electron chi connectivity index (χ0n) is 11.2. The fraction of sp³-hybridized carbons (Fsp3) is 0.286. The molecule has 0 aliphatic carbocycles. The fourth-order valence-electron chi connectivity index (χ4n) is 1.54.